The molecule has 1 fully saturated rings. The molecule has 0 saturated carbocycles. The number of piperidine rings is 1. The van der Waals surface area contributed by atoms with Gasteiger partial charge in [0.15, 0.2) is 11.8 Å². The minimum Gasteiger partial charge on any atom is -0.490 e. The number of benzene rings is 2. The lowest BCUT2D eigenvalue weighted by Crippen LogP contribution is -2.46. The standard InChI is InChI=1S/C38H47ClN4O5/c1-23-11-8-9-20-46-38(7)16-18-42(19-17-38)35-33(34(36(44)45)48-37(4,5)6)25(3)40-31-22-29(41-43(31)35)26-12-10-13-27(21-26)32-24(2)28(39)14-15-30(32)47-23/h10,12-15,21-23,34H,8-9,11,16-20H2,1-7H3,(H,44,45)/t23-,34-/m0/s1. The molecule has 0 radical (unpaired) electrons. The molecule has 2 aromatic carbocycles. The average Bonchev–Trinajstić information content (AvgIpc) is 3.44. The summed E-state index contributed by atoms with van der Waals surface area (Å²) in [6, 6.07) is 14.0. The van der Waals surface area contributed by atoms with E-state index in [4.69, 9.17) is 35.9 Å². The van der Waals surface area contributed by atoms with E-state index in [9.17, 15) is 9.90 Å². The van der Waals surface area contributed by atoms with Gasteiger partial charge in [-0.15, -0.1) is 0 Å². The second kappa shape index (κ2) is 13.3. The molecule has 0 spiro atoms. The Balaban J connectivity index is 1.55. The number of hydrogen-bond donors (Lipinski definition) is 1. The van der Waals surface area contributed by atoms with Crippen LogP contribution in [0, 0.1) is 13.8 Å². The van der Waals surface area contributed by atoms with Gasteiger partial charge < -0.3 is 24.2 Å². The summed E-state index contributed by atoms with van der Waals surface area (Å²) in [5.41, 5.74) is 5.27. The molecule has 1 N–H and O–H groups in total. The highest BCUT2D eigenvalue weighted by atomic mass is 35.5. The van der Waals surface area contributed by atoms with Gasteiger partial charge in [0.25, 0.3) is 0 Å². The first-order chi connectivity index (χ1) is 22.7. The van der Waals surface area contributed by atoms with Crippen LogP contribution >= 0.6 is 11.6 Å². The van der Waals surface area contributed by atoms with Crippen molar-refractivity contribution in [3.8, 4) is 28.1 Å². The van der Waals surface area contributed by atoms with Crippen molar-refractivity contribution in [2.45, 2.75) is 104 Å². The van der Waals surface area contributed by atoms with E-state index in [0.717, 1.165) is 65.8 Å². The van der Waals surface area contributed by atoms with Crippen LogP contribution in [0.5, 0.6) is 5.75 Å². The third-order valence-corrected chi connectivity index (χ3v) is 9.88. The van der Waals surface area contributed by atoms with E-state index in [1.54, 1.807) is 4.52 Å². The number of carboxylic acid groups (broad SMARTS) is 1. The number of anilines is 1. The maximum Gasteiger partial charge on any atom is 0.337 e. The Morgan fingerprint density at radius 3 is 2.54 bits per heavy atom. The Morgan fingerprint density at radius 1 is 1.10 bits per heavy atom. The molecular formula is C38H47ClN4O5. The van der Waals surface area contributed by atoms with E-state index in [2.05, 4.69) is 30.9 Å². The van der Waals surface area contributed by atoms with Crippen LogP contribution in [0.25, 0.3) is 28.0 Å². The predicted molar refractivity (Wildman–Crippen MR) is 189 cm³/mol. The first-order valence-electron chi connectivity index (χ1n) is 17.0. The van der Waals surface area contributed by atoms with Crippen LogP contribution in [0.2, 0.25) is 5.02 Å². The van der Waals surface area contributed by atoms with Crippen molar-refractivity contribution < 1.29 is 24.1 Å². The zero-order valence-corrected chi connectivity index (χ0v) is 29.9. The smallest absolute Gasteiger partial charge is 0.337 e. The number of hydrogen-bond acceptors (Lipinski definition) is 7. The van der Waals surface area contributed by atoms with Gasteiger partial charge in [0.2, 0.25) is 0 Å². The Morgan fingerprint density at radius 2 is 1.83 bits per heavy atom. The van der Waals surface area contributed by atoms with Crippen LogP contribution in [0.1, 0.15) is 89.6 Å². The lowest BCUT2D eigenvalue weighted by atomic mass is 9.92. The van der Waals surface area contributed by atoms with Crippen LogP contribution in [0.15, 0.2) is 42.5 Å². The maximum atomic E-state index is 12.8. The summed E-state index contributed by atoms with van der Waals surface area (Å²) in [5.74, 6) is 0.428. The fourth-order valence-electron chi connectivity index (χ4n) is 6.87. The molecule has 4 aromatic rings. The summed E-state index contributed by atoms with van der Waals surface area (Å²) >= 11 is 6.66. The fourth-order valence-corrected chi connectivity index (χ4v) is 7.03. The molecule has 3 aliphatic rings. The molecule has 1 saturated heterocycles. The van der Waals surface area contributed by atoms with Gasteiger partial charge in [0.1, 0.15) is 11.6 Å². The lowest BCUT2D eigenvalue weighted by Gasteiger charge is -2.41. The van der Waals surface area contributed by atoms with Gasteiger partial charge in [-0.1, -0.05) is 29.8 Å². The Labute approximate surface area is 288 Å². The topological polar surface area (TPSA) is 98.4 Å². The number of ether oxygens (including phenoxy) is 3. The molecule has 5 heterocycles. The molecule has 7 rings (SSSR count). The molecule has 2 aromatic heterocycles. The SMILES string of the molecule is Cc1nc2cc3nn2c(c1[C@H](OC(C)(C)C)C(=O)O)N1CCC(C)(CC1)OCCCC[C@H](C)Oc1ccc(Cl)c(C)c1-c1cccc-3c1. The number of carboxylic acids is 1. The number of aromatic nitrogens is 3. The molecule has 48 heavy (non-hydrogen) atoms. The quantitative estimate of drug-likeness (QED) is 0.231. The van der Waals surface area contributed by atoms with Crippen molar-refractivity contribution in [1.82, 2.24) is 14.6 Å². The first kappa shape index (κ1) is 34.2. The third-order valence-electron chi connectivity index (χ3n) is 9.47. The molecular weight excluding hydrogens is 628 g/mol. The molecule has 0 unspecified atom stereocenters. The Bertz CT molecular complexity index is 1820. The Hall–Kier alpha value is -3.66. The largest absolute Gasteiger partial charge is 0.490 e. The molecule has 3 aliphatic heterocycles. The number of nitrogens with zero attached hydrogens (tertiary/aromatic N) is 4. The summed E-state index contributed by atoms with van der Waals surface area (Å²) in [4.78, 5) is 20.0. The summed E-state index contributed by atoms with van der Waals surface area (Å²) in [6.07, 6.45) is 3.22. The zero-order chi connectivity index (χ0) is 34.4. The summed E-state index contributed by atoms with van der Waals surface area (Å²) < 4.78 is 21.1. The summed E-state index contributed by atoms with van der Waals surface area (Å²) in [7, 11) is 0. The normalized spacial score (nSPS) is 21.2. The van der Waals surface area contributed by atoms with E-state index in [1.807, 2.05) is 65.0 Å². The van der Waals surface area contributed by atoms with Gasteiger partial charge in [0, 0.05) is 47.6 Å². The molecule has 256 valence electrons. The highest BCUT2D eigenvalue weighted by Crippen LogP contribution is 2.41. The van der Waals surface area contributed by atoms with Crippen LogP contribution in [0.4, 0.5) is 5.82 Å². The van der Waals surface area contributed by atoms with Crippen molar-refractivity contribution in [1.29, 1.82) is 0 Å². The average molecular weight is 675 g/mol. The van der Waals surface area contributed by atoms with Crippen LogP contribution in [-0.4, -0.2) is 62.7 Å². The van der Waals surface area contributed by atoms with Gasteiger partial charge in [-0.3, -0.25) is 0 Å². The lowest BCUT2D eigenvalue weighted by molar-refractivity contribution is -0.160. The van der Waals surface area contributed by atoms with Crippen molar-refractivity contribution >= 4 is 29.0 Å². The molecule has 2 atom stereocenters. The number of aliphatic carboxylic acids is 1. The van der Waals surface area contributed by atoms with Crippen molar-refractivity contribution in [3.05, 3.63) is 64.3 Å². The van der Waals surface area contributed by atoms with E-state index >= 15 is 0 Å². The number of carbonyl (C=O) groups is 1. The van der Waals surface area contributed by atoms with Gasteiger partial charge >= 0.3 is 5.97 Å². The number of rotatable bonds is 3. The van der Waals surface area contributed by atoms with Crippen molar-refractivity contribution in [2.75, 3.05) is 24.6 Å². The summed E-state index contributed by atoms with van der Waals surface area (Å²) in [6.45, 7) is 15.8. The van der Waals surface area contributed by atoms with Gasteiger partial charge in [-0.2, -0.15) is 9.61 Å². The minimum atomic E-state index is -1.23. The van der Waals surface area contributed by atoms with E-state index in [-0.39, 0.29) is 11.7 Å². The minimum absolute atomic E-state index is 0.0224. The fraction of sp³-hybridized carbons (Fsp3) is 0.500. The highest BCUT2D eigenvalue weighted by Gasteiger charge is 2.38. The van der Waals surface area contributed by atoms with E-state index in [0.29, 0.717) is 47.4 Å². The van der Waals surface area contributed by atoms with E-state index in [1.165, 1.54) is 0 Å². The molecule has 6 bridgehead atoms. The molecule has 9 nitrogen and oxygen atoms in total. The van der Waals surface area contributed by atoms with Crippen LogP contribution in [-0.2, 0) is 14.3 Å². The zero-order valence-electron chi connectivity index (χ0n) is 29.1. The highest BCUT2D eigenvalue weighted by molar-refractivity contribution is 6.31. The second-order valence-corrected chi connectivity index (χ2v) is 14.9. The predicted octanol–water partition coefficient (Wildman–Crippen LogP) is 8.60. The summed E-state index contributed by atoms with van der Waals surface area (Å²) in [5, 5.41) is 16.3. The van der Waals surface area contributed by atoms with Crippen molar-refractivity contribution in [3.63, 3.8) is 0 Å². The van der Waals surface area contributed by atoms with Crippen LogP contribution in [0.3, 0.4) is 0 Å². The number of halogens is 1. The molecule has 0 amide bonds. The van der Waals surface area contributed by atoms with Crippen LogP contribution < -0.4 is 9.64 Å². The molecule has 0 aliphatic carbocycles. The third kappa shape index (κ3) is 7.05. The maximum absolute atomic E-state index is 12.8. The van der Waals surface area contributed by atoms with Crippen molar-refractivity contribution in [2.24, 2.45) is 0 Å². The Kier molecular flexibility index (Phi) is 9.50. The molecule has 10 heteroatoms. The second-order valence-electron chi connectivity index (χ2n) is 14.5. The monoisotopic (exact) mass is 674 g/mol. The number of fused-ring (bicyclic) bond motifs is 8. The van der Waals surface area contributed by atoms with E-state index < -0.39 is 17.7 Å². The van der Waals surface area contributed by atoms with Gasteiger partial charge in [-0.05, 0) is 110 Å². The first-order valence-corrected chi connectivity index (χ1v) is 17.4. The van der Waals surface area contributed by atoms with Gasteiger partial charge in [0.05, 0.1) is 28.6 Å². The number of aryl methyl sites for hydroxylation is 1. The van der Waals surface area contributed by atoms with Gasteiger partial charge in [-0.25, -0.2) is 9.78 Å².